The standard InChI is InChI=1S/C23H17FN6O2/c1-29-18-10-5-3-8-15(18)20(14-7-2-4-9-16(14)24)26-21(23(29)32)27-22(31)17-13-19-25-11-6-12-30(19)28-17/h2-13,21H,1H3,(H,27,31). The molecule has 1 aliphatic heterocycles. The fourth-order valence-electron chi connectivity index (χ4n) is 3.62. The van der Waals surface area contributed by atoms with Gasteiger partial charge in [0.15, 0.2) is 11.3 Å². The quantitative estimate of drug-likeness (QED) is 0.543. The minimum Gasteiger partial charge on any atom is -0.321 e. The largest absolute Gasteiger partial charge is 0.321 e. The molecule has 1 N–H and O–H groups in total. The lowest BCUT2D eigenvalue weighted by Crippen LogP contribution is -2.46. The van der Waals surface area contributed by atoms with Crippen molar-refractivity contribution in [2.45, 2.75) is 6.17 Å². The Kier molecular flexibility index (Phi) is 4.70. The highest BCUT2D eigenvalue weighted by Crippen LogP contribution is 2.28. The van der Waals surface area contributed by atoms with Crippen LogP contribution in [-0.2, 0) is 4.79 Å². The molecule has 0 spiro atoms. The molecule has 0 saturated carbocycles. The fraction of sp³-hybridized carbons (Fsp3) is 0.0870. The average Bonchev–Trinajstić information content (AvgIpc) is 3.22. The summed E-state index contributed by atoms with van der Waals surface area (Å²) < 4.78 is 16.1. The Morgan fingerprint density at radius 2 is 1.81 bits per heavy atom. The number of aliphatic imine (C=N–C) groups is 1. The molecule has 0 bridgehead atoms. The molecule has 2 aromatic heterocycles. The van der Waals surface area contributed by atoms with E-state index in [2.05, 4.69) is 20.4 Å². The van der Waals surface area contributed by atoms with Crippen molar-refractivity contribution in [2.24, 2.45) is 4.99 Å². The zero-order valence-electron chi connectivity index (χ0n) is 16.9. The van der Waals surface area contributed by atoms with Crippen molar-refractivity contribution in [1.82, 2.24) is 19.9 Å². The van der Waals surface area contributed by atoms with Crippen molar-refractivity contribution < 1.29 is 14.0 Å². The van der Waals surface area contributed by atoms with Crippen LogP contribution in [0.3, 0.4) is 0 Å². The number of hydrogen-bond acceptors (Lipinski definition) is 5. The molecule has 3 heterocycles. The summed E-state index contributed by atoms with van der Waals surface area (Å²) in [5, 5.41) is 6.81. The van der Waals surface area contributed by atoms with Gasteiger partial charge in [-0.1, -0.05) is 30.3 Å². The number of anilines is 1. The summed E-state index contributed by atoms with van der Waals surface area (Å²) in [5.74, 6) is -1.53. The van der Waals surface area contributed by atoms with E-state index in [9.17, 15) is 14.0 Å². The lowest BCUT2D eigenvalue weighted by molar-refractivity contribution is -0.119. The van der Waals surface area contributed by atoms with Gasteiger partial charge in [-0.2, -0.15) is 5.10 Å². The lowest BCUT2D eigenvalue weighted by Gasteiger charge is -2.20. The average molecular weight is 428 g/mol. The van der Waals surface area contributed by atoms with Crippen LogP contribution in [0.5, 0.6) is 0 Å². The number of benzene rings is 2. The van der Waals surface area contributed by atoms with Crippen molar-refractivity contribution in [3.05, 3.63) is 95.7 Å². The van der Waals surface area contributed by atoms with Crippen LogP contribution in [0.15, 0.2) is 78.0 Å². The number of likely N-dealkylation sites (N-methyl/N-ethyl adjacent to an activating group) is 1. The number of hydrogen-bond donors (Lipinski definition) is 1. The number of aromatic nitrogens is 3. The number of nitrogens with zero attached hydrogens (tertiary/aromatic N) is 5. The SMILES string of the molecule is CN1C(=O)C(NC(=O)c2cc3ncccn3n2)N=C(c2ccccc2F)c2ccccc21. The van der Waals surface area contributed by atoms with Gasteiger partial charge >= 0.3 is 0 Å². The zero-order valence-corrected chi connectivity index (χ0v) is 16.9. The molecule has 1 atom stereocenters. The van der Waals surface area contributed by atoms with Gasteiger partial charge < -0.3 is 10.2 Å². The van der Waals surface area contributed by atoms with E-state index in [0.717, 1.165) is 0 Å². The molecule has 2 amide bonds. The molecule has 8 nitrogen and oxygen atoms in total. The molecular weight excluding hydrogens is 411 g/mol. The second-order valence-corrected chi connectivity index (χ2v) is 7.20. The van der Waals surface area contributed by atoms with Gasteiger partial charge in [0.05, 0.1) is 11.4 Å². The van der Waals surface area contributed by atoms with Crippen LogP contribution in [0.4, 0.5) is 10.1 Å². The van der Waals surface area contributed by atoms with E-state index in [-0.39, 0.29) is 17.0 Å². The molecule has 1 unspecified atom stereocenters. The molecule has 4 aromatic rings. The number of amides is 2. The normalized spacial score (nSPS) is 15.8. The first-order valence-corrected chi connectivity index (χ1v) is 9.84. The van der Waals surface area contributed by atoms with E-state index in [0.29, 0.717) is 16.9 Å². The van der Waals surface area contributed by atoms with E-state index in [1.54, 1.807) is 68.0 Å². The molecule has 5 rings (SSSR count). The first-order valence-electron chi connectivity index (χ1n) is 9.84. The molecule has 0 saturated heterocycles. The monoisotopic (exact) mass is 428 g/mol. The van der Waals surface area contributed by atoms with E-state index in [4.69, 9.17) is 0 Å². The highest BCUT2D eigenvalue weighted by Gasteiger charge is 2.32. The summed E-state index contributed by atoms with van der Waals surface area (Å²) in [6.07, 6.45) is 1.98. The van der Waals surface area contributed by atoms with Gasteiger partial charge in [0.25, 0.3) is 11.8 Å². The predicted octanol–water partition coefficient (Wildman–Crippen LogP) is 2.44. The smallest absolute Gasteiger partial charge is 0.273 e. The Labute approximate surface area is 182 Å². The summed E-state index contributed by atoms with van der Waals surface area (Å²) in [7, 11) is 1.59. The number of benzodiazepines with no additional fused rings is 1. The van der Waals surface area contributed by atoms with Crippen LogP contribution in [0, 0.1) is 5.82 Å². The Hall–Kier alpha value is -4.40. The summed E-state index contributed by atoms with van der Waals surface area (Å²) >= 11 is 0. The number of para-hydroxylation sites is 1. The number of carbonyl (C=O) groups excluding carboxylic acids is 2. The number of halogens is 1. The van der Waals surface area contributed by atoms with Crippen molar-refractivity contribution >= 4 is 28.9 Å². The fourth-order valence-corrected chi connectivity index (χ4v) is 3.62. The first-order chi connectivity index (χ1) is 15.5. The van der Waals surface area contributed by atoms with Gasteiger partial charge in [0.1, 0.15) is 5.82 Å². The number of nitrogens with one attached hydrogen (secondary N) is 1. The molecule has 32 heavy (non-hydrogen) atoms. The third-order valence-electron chi connectivity index (χ3n) is 5.21. The number of rotatable bonds is 3. The maximum atomic E-state index is 14.7. The Balaban J connectivity index is 1.58. The highest BCUT2D eigenvalue weighted by atomic mass is 19.1. The molecule has 1 aliphatic rings. The topological polar surface area (TPSA) is 92.0 Å². The van der Waals surface area contributed by atoms with Crippen molar-refractivity contribution in [3.8, 4) is 0 Å². The van der Waals surface area contributed by atoms with Gasteiger partial charge in [-0.15, -0.1) is 0 Å². The molecule has 0 fully saturated rings. The van der Waals surface area contributed by atoms with Crippen LogP contribution in [0.1, 0.15) is 21.6 Å². The minimum absolute atomic E-state index is 0.0866. The number of fused-ring (bicyclic) bond motifs is 2. The molecular formula is C23H17FN6O2. The van der Waals surface area contributed by atoms with Crippen LogP contribution in [-0.4, -0.2) is 45.3 Å². The van der Waals surface area contributed by atoms with E-state index in [1.807, 2.05) is 0 Å². The third-order valence-corrected chi connectivity index (χ3v) is 5.21. The van der Waals surface area contributed by atoms with E-state index < -0.39 is 23.8 Å². The van der Waals surface area contributed by atoms with Crippen LogP contribution < -0.4 is 10.2 Å². The first kappa shape index (κ1) is 19.6. The lowest BCUT2D eigenvalue weighted by atomic mass is 10.00. The maximum absolute atomic E-state index is 14.7. The van der Waals surface area contributed by atoms with Crippen molar-refractivity contribution in [1.29, 1.82) is 0 Å². The summed E-state index contributed by atoms with van der Waals surface area (Å²) in [4.78, 5) is 36.1. The molecule has 9 heteroatoms. The van der Waals surface area contributed by atoms with E-state index in [1.165, 1.54) is 21.5 Å². The highest BCUT2D eigenvalue weighted by molar-refractivity contribution is 6.20. The van der Waals surface area contributed by atoms with Crippen LogP contribution >= 0.6 is 0 Å². The second-order valence-electron chi connectivity index (χ2n) is 7.20. The van der Waals surface area contributed by atoms with Crippen molar-refractivity contribution in [3.63, 3.8) is 0 Å². The Morgan fingerprint density at radius 3 is 2.59 bits per heavy atom. The summed E-state index contributed by atoms with van der Waals surface area (Å²) in [6.45, 7) is 0. The van der Waals surface area contributed by atoms with Gasteiger partial charge in [-0.25, -0.2) is 18.9 Å². The second kappa shape index (κ2) is 7.69. The summed E-state index contributed by atoms with van der Waals surface area (Å²) in [6, 6.07) is 16.5. The molecule has 0 aliphatic carbocycles. The van der Waals surface area contributed by atoms with Gasteiger partial charge in [-0.3, -0.25) is 9.59 Å². The van der Waals surface area contributed by atoms with E-state index >= 15 is 0 Å². The van der Waals surface area contributed by atoms with Gasteiger partial charge in [-0.05, 0) is 24.3 Å². The third kappa shape index (κ3) is 3.29. The van der Waals surface area contributed by atoms with Gasteiger partial charge in [0, 0.05) is 36.6 Å². The predicted molar refractivity (Wildman–Crippen MR) is 116 cm³/mol. The minimum atomic E-state index is -1.27. The maximum Gasteiger partial charge on any atom is 0.273 e. The van der Waals surface area contributed by atoms with Crippen LogP contribution in [0.2, 0.25) is 0 Å². The van der Waals surface area contributed by atoms with Crippen LogP contribution in [0.25, 0.3) is 5.65 Å². The Morgan fingerprint density at radius 1 is 1.06 bits per heavy atom. The Bertz CT molecular complexity index is 1360. The molecule has 2 aromatic carbocycles. The van der Waals surface area contributed by atoms with Crippen molar-refractivity contribution in [2.75, 3.05) is 11.9 Å². The number of carbonyl (C=O) groups is 2. The zero-order chi connectivity index (χ0) is 22.2. The summed E-state index contributed by atoms with van der Waals surface area (Å²) in [5.41, 5.74) is 2.24. The molecule has 158 valence electrons. The van der Waals surface area contributed by atoms with Gasteiger partial charge in [0.2, 0.25) is 6.17 Å². The molecule has 0 radical (unpaired) electrons.